The van der Waals surface area contributed by atoms with E-state index in [1.807, 2.05) is 41.8 Å². The Morgan fingerprint density at radius 3 is 2.43 bits per heavy atom. The molecule has 0 aliphatic heterocycles. The molecule has 118 valence electrons. The van der Waals surface area contributed by atoms with E-state index in [2.05, 4.69) is 35.8 Å². The lowest BCUT2D eigenvalue weighted by Crippen LogP contribution is -2.45. The Labute approximate surface area is 136 Å². The van der Waals surface area contributed by atoms with Crippen LogP contribution in [0.4, 0.5) is 0 Å². The van der Waals surface area contributed by atoms with Gasteiger partial charge in [-0.05, 0) is 24.1 Å². The fourth-order valence-corrected chi connectivity index (χ4v) is 3.05. The fraction of sp³-hybridized carbons (Fsp3) is 0.300. The van der Waals surface area contributed by atoms with Crippen LogP contribution in [0.3, 0.4) is 0 Å². The first-order valence-electron chi connectivity index (χ1n) is 8.28. The van der Waals surface area contributed by atoms with Gasteiger partial charge in [0.05, 0.1) is 6.54 Å². The smallest absolute Gasteiger partial charge is 0.241 e. The molecule has 0 aliphatic rings. The third-order valence-corrected chi connectivity index (χ3v) is 4.37. The highest BCUT2D eigenvalue weighted by Gasteiger charge is 2.19. The summed E-state index contributed by atoms with van der Waals surface area (Å²) in [5.41, 5.74) is 2.37. The molecule has 3 nitrogen and oxygen atoms in total. The molecule has 0 radical (unpaired) electrons. The first-order chi connectivity index (χ1) is 11.2. The molecular formula is C20H23N2O+. The molecule has 0 atom stereocenters. The van der Waals surface area contributed by atoms with Crippen molar-refractivity contribution in [3.63, 3.8) is 0 Å². The maximum absolute atomic E-state index is 12.8. The van der Waals surface area contributed by atoms with E-state index in [9.17, 15) is 4.79 Å². The molecule has 23 heavy (non-hydrogen) atoms. The average Bonchev–Trinajstić information content (AvgIpc) is 2.59. The molecule has 1 aromatic heterocycles. The van der Waals surface area contributed by atoms with Crippen molar-refractivity contribution >= 4 is 10.9 Å². The van der Waals surface area contributed by atoms with Gasteiger partial charge in [-0.25, -0.2) is 9.36 Å². The Bertz CT molecular complexity index is 866. The van der Waals surface area contributed by atoms with Gasteiger partial charge < -0.3 is 0 Å². The summed E-state index contributed by atoms with van der Waals surface area (Å²) in [7, 11) is 0. The number of nitrogens with zero attached hydrogens (tertiary/aromatic N) is 2. The lowest BCUT2D eigenvalue weighted by molar-refractivity contribution is -0.673. The Balaban J connectivity index is 2.20. The normalized spacial score (nSPS) is 11.0. The number of hydrogen-bond acceptors (Lipinski definition) is 1. The molecule has 0 fully saturated rings. The van der Waals surface area contributed by atoms with E-state index < -0.39 is 0 Å². The van der Waals surface area contributed by atoms with Crippen molar-refractivity contribution in [1.29, 1.82) is 0 Å². The third-order valence-electron chi connectivity index (χ3n) is 4.37. The molecule has 0 saturated carbocycles. The molecule has 3 heteroatoms. The molecule has 0 spiro atoms. The van der Waals surface area contributed by atoms with Gasteiger partial charge in [0.2, 0.25) is 0 Å². The summed E-state index contributed by atoms with van der Waals surface area (Å²) in [4.78, 5) is 12.8. The summed E-state index contributed by atoms with van der Waals surface area (Å²) in [5.74, 6) is 1.02. The van der Waals surface area contributed by atoms with Crippen molar-refractivity contribution < 1.29 is 4.57 Å². The van der Waals surface area contributed by atoms with Crippen LogP contribution in [0.5, 0.6) is 0 Å². The zero-order valence-electron chi connectivity index (χ0n) is 13.8. The van der Waals surface area contributed by atoms with E-state index in [0.717, 1.165) is 42.7 Å². The van der Waals surface area contributed by atoms with Crippen LogP contribution < -0.4 is 10.1 Å². The van der Waals surface area contributed by atoms with Crippen molar-refractivity contribution in [2.75, 3.05) is 0 Å². The van der Waals surface area contributed by atoms with Crippen molar-refractivity contribution in [3.05, 3.63) is 76.3 Å². The van der Waals surface area contributed by atoms with Gasteiger partial charge in [-0.15, -0.1) is 0 Å². The quantitative estimate of drug-likeness (QED) is 0.663. The molecule has 0 bridgehead atoms. The van der Waals surface area contributed by atoms with Crippen molar-refractivity contribution in [1.82, 2.24) is 4.57 Å². The van der Waals surface area contributed by atoms with Crippen molar-refractivity contribution in [3.8, 4) is 0 Å². The van der Waals surface area contributed by atoms with Crippen LogP contribution in [-0.4, -0.2) is 4.57 Å². The average molecular weight is 307 g/mol. The Kier molecular flexibility index (Phi) is 4.56. The van der Waals surface area contributed by atoms with E-state index in [1.54, 1.807) is 0 Å². The molecule has 1 heterocycles. The molecule has 3 rings (SSSR count). The highest BCUT2D eigenvalue weighted by atomic mass is 16.1. The summed E-state index contributed by atoms with van der Waals surface area (Å²) >= 11 is 0. The van der Waals surface area contributed by atoms with Crippen LogP contribution in [0, 0.1) is 6.92 Å². The van der Waals surface area contributed by atoms with Gasteiger partial charge in [0, 0.05) is 6.92 Å². The van der Waals surface area contributed by atoms with Crippen LogP contribution in [-0.2, 0) is 13.1 Å². The first-order valence-corrected chi connectivity index (χ1v) is 8.28. The number of hydrogen-bond donors (Lipinski definition) is 0. The SMILES string of the molecule is CCCCn1c(C)[n+](Cc2ccccc2)c2ccccc2c1=O. The number of rotatable bonds is 5. The van der Waals surface area contributed by atoms with Crippen LogP contribution in [0.1, 0.15) is 31.2 Å². The molecule has 0 saturated heterocycles. The lowest BCUT2D eigenvalue weighted by atomic mass is 10.2. The van der Waals surface area contributed by atoms with Crippen LogP contribution in [0.15, 0.2) is 59.4 Å². The summed E-state index contributed by atoms with van der Waals surface area (Å²) < 4.78 is 4.18. The Morgan fingerprint density at radius 1 is 1.00 bits per heavy atom. The predicted octanol–water partition coefficient (Wildman–Crippen LogP) is 3.45. The summed E-state index contributed by atoms with van der Waals surface area (Å²) in [5, 5.41) is 0.796. The van der Waals surface area contributed by atoms with Gasteiger partial charge in [0.15, 0.2) is 0 Å². The minimum atomic E-state index is 0.121. The fourth-order valence-electron chi connectivity index (χ4n) is 3.05. The van der Waals surface area contributed by atoms with Gasteiger partial charge in [0.1, 0.15) is 17.4 Å². The standard InChI is InChI=1S/C20H23N2O/c1-3-4-14-21-16(2)22(15-17-10-6-5-7-11-17)19-13-9-8-12-18(19)20(21)23/h5-13H,3-4,14-15H2,1-2H3/q+1. The van der Waals surface area contributed by atoms with Crippen LogP contribution in [0.2, 0.25) is 0 Å². The third kappa shape index (κ3) is 3.04. The molecule has 0 aliphatic carbocycles. The molecule has 3 aromatic rings. The lowest BCUT2D eigenvalue weighted by Gasteiger charge is -2.12. The Morgan fingerprint density at radius 2 is 1.70 bits per heavy atom. The first kappa shape index (κ1) is 15.5. The molecule has 0 unspecified atom stereocenters. The number of benzene rings is 2. The zero-order valence-corrected chi connectivity index (χ0v) is 13.8. The highest BCUT2D eigenvalue weighted by molar-refractivity contribution is 5.74. The van der Waals surface area contributed by atoms with Gasteiger partial charge in [-0.1, -0.05) is 55.8 Å². The van der Waals surface area contributed by atoms with Crippen molar-refractivity contribution in [2.45, 2.75) is 39.8 Å². The van der Waals surface area contributed by atoms with Crippen LogP contribution >= 0.6 is 0 Å². The second-order valence-electron chi connectivity index (χ2n) is 5.95. The predicted molar refractivity (Wildman–Crippen MR) is 93.6 cm³/mol. The minimum Gasteiger partial charge on any atom is -0.241 e. The van der Waals surface area contributed by atoms with E-state index in [0.29, 0.717) is 0 Å². The molecule has 0 amide bonds. The zero-order chi connectivity index (χ0) is 16.2. The van der Waals surface area contributed by atoms with E-state index in [1.165, 1.54) is 5.56 Å². The number of unbranched alkanes of at least 4 members (excludes halogenated alkanes) is 1. The van der Waals surface area contributed by atoms with E-state index in [4.69, 9.17) is 0 Å². The highest BCUT2D eigenvalue weighted by Crippen LogP contribution is 2.09. The Hall–Kier alpha value is -2.42. The van der Waals surface area contributed by atoms with Gasteiger partial charge in [0.25, 0.3) is 5.82 Å². The largest absolute Gasteiger partial charge is 0.345 e. The number of fused-ring (bicyclic) bond motifs is 1. The maximum Gasteiger partial charge on any atom is 0.345 e. The van der Waals surface area contributed by atoms with Crippen LogP contribution in [0.25, 0.3) is 10.9 Å². The van der Waals surface area contributed by atoms with Gasteiger partial charge in [-0.2, -0.15) is 4.57 Å². The summed E-state index contributed by atoms with van der Waals surface area (Å²) in [6.07, 6.45) is 2.10. The van der Waals surface area contributed by atoms with E-state index in [-0.39, 0.29) is 5.56 Å². The topological polar surface area (TPSA) is 25.9 Å². The number of para-hydroxylation sites is 1. The maximum atomic E-state index is 12.8. The number of aromatic nitrogens is 2. The van der Waals surface area contributed by atoms with Gasteiger partial charge >= 0.3 is 5.56 Å². The summed E-state index contributed by atoms with van der Waals surface area (Å²) in [6, 6.07) is 18.3. The minimum absolute atomic E-state index is 0.121. The summed E-state index contributed by atoms with van der Waals surface area (Å²) in [6.45, 7) is 5.76. The van der Waals surface area contributed by atoms with E-state index >= 15 is 0 Å². The molecule has 0 N–H and O–H groups in total. The van der Waals surface area contributed by atoms with Crippen molar-refractivity contribution in [2.24, 2.45) is 0 Å². The monoisotopic (exact) mass is 307 g/mol. The molecule has 2 aromatic carbocycles. The second kappa shape index (κ2) is 6.78. The second-order valence-corrected chi connectivity index (χ2v) is 5.95. The molecular weight excluding hydrogens is 284 g/mol. The van der Waals surface area contributed by atoms with Gasteiger partial charge in [-0.3, -0.25) is 0 Å².